The molecular weight excluding hydrogens is 330 g/mol. The van der Waals surface area contributed by atoms with Crippen LogP contribution in [0.3, 0.4) is 0 Å². The molecule has 1 aromatic carbocycles. The van der Waals surface area contributed by atoms with Crippen molar-refractivity contribution in [2.24, 2.45) is 0 Å². The number of likely N-dealkylation sites (tertiary alicyclic amines) is 1. The van der Waals surface area contributed by atoms with Gasteiger partial charge in [0.1, 0.15) is 11.4 Å². The van der Waals surface area contributed by atoms with E-state index in [0.29, 0.717) is 13.1 Å². The number of carbonyl (C=O) groups excluding carboxylic acids is 1. The van der Waals surface area contributed by atoms with Gasteiger partial charge in [0, 0.05) is 24.8 Å². The number of benzene rings is 1. The van der Waals surface area contributed by atoms with E-state index < -0.39 is 5.60 Å². The molecule has 2 heterocycles. The van der Waals surface area contributed by atoms with Gasteiger partial charge in [-0.25, -0.2) is 4.79 Å². The zero-order valence-corrected chi connectivity index (χ0v) is 15.9. The van der Waals surface area contributed by atoms with Gasteiger partial charge in [-0.3, -0.25) is 4.68 Å². The van der Waals surface area contributed by atoms with Crippen LogP contribution in [0, 0.1) is 6.92 Å². The van der Waals surface area contributed by atoms with Crippen LogP contribution in [0.15, 0.2) is 30.6 Å². The van der Waals surface area contributed by atoms with Gasteiger partial charge in [0.25, 0.3) is 0 Å². The first-order valence-corrected chi connectivity index (χ1v) is 9.05. The van der Waals surface area contributed by atoms with Crippen molar-refractivity contribution in [3.63, 3.8) is 0 Å². The molecule has 26 heavy (non-hydrogen) atoms. The van der Waals surface area contributed by atoms with E-state index in [9.17, 15) is 9.90 Å². The molecule has 0 unspecified atom stereocenters. The highest BCUT2D eigenvalue weighted by Crippen LogP contribution is 2.29. The van der Waals surface area contributed by atoms with Gasteiger partial charge in [0.2, 0.25) is 0 Å². The van der Waals surface area contributed by atoms with Crippen LogP contribution in [-0.2, 0) is 4.74 Å². The monoisotopic (exact) mass is 357 g/mol. The Hall–Kier alpha value is -2.50. The number of piperidine rings is 1. The second kappa shape index (κ2) is 7.02. The molecule has 3 rings (SSSR count). The Bertz CT molecular complexity index is 784. The maximum absolute atomic E-state index is 12.2. The van der Waals surface area contributed by atoms with Crippen molar-refractivity contribution in [2.75, 3.05) is 13.1 Å². The number of aromatic nitrogens is 2. The Morgan fingerprint density at radius 1 is 1.27 bits per heavy atom. The summed E-state index contributed by atoms with van der Waals surface area (Å²) in [5.41, 5.74) is 2.61. The number of rotatable bonds is 2. The van der Waals surface area contributed by atoms with Crippen molar-refractivity contribution in [2.45, 2.75) is 52.2 Å². The smallest absolute Gasteiger partial charge is 0.410 e. The fraction of sp³-hybridized carbons (Fsp3) is 0.500. The average molecular weight is 357 g/mol. The highest BCUT2D eigenvalue weighted by Gasteiger charge is 2.27. The Kier molecular flexibility index (Phi) is 4.94. The standard InChI is InChI=1S/C20H27N3O3/c1-14-5-6-17(24)11-18(14)15-12-21-23(13-15)16-7-9-22(10-8-16)19(25)26-20(2,3)4/h5-6,11-13,16,24H,7-10H2,1-4H3. The lowest BCUT2D eigenvalue weighted by Gasteiger charge is -2.33. The number of aromatic hydroxyl groups is 1. The summed E-state index contributed by atoms with van der Waals surface area (Å²) < 4.78 is 7.42. The molecule has 0 saturated carbocycles. The molecular formula is C20H27N3O3. The third-order valence-electron chi connectivity index (χ3n) is 4.62. The number of phenolic OH excluding ortho intramolecular Hbond substituents is 1. The van der Waals surface area contributed by atoms with Crippen LogP contribution in [0.2, 0.25) is 0 Å². The van der Waals surface area contributed by atoms with Gasteiger partial charge in [-0.1, -0.05) is 6.07 Å². The van der Waals surface area contributed by atoms with Crippen molar-refractivity contribution < 1.29 is 14.6 Å². The number of ether oxygens (including phenoxy) is 1. The number of hydrogen-bond donors (Lipinski definition) is 1. The molecule has 140 valence electrons. The van der Waals surface area contributed by atoms with E-state index in [4.69, 9.17) is 4.74 Å². The maximum atomic E-state index is 12.2. The highest BCUT2D eigenvalue weighted by molar-refractivity contribution is 5.68. The molecule has 0 aliphatic carbocycles. The fourth-order valence-corrected chi connectivity index (χ4v) is 3.24. The molecule has 0 spiro atoms. The zero-order chi connectivity index (χ0) is 18.9. The van der Waals surface area contributed by atoms with E-state index in [2.05, 4.69) is 5.10 Å². The van der Waals surface area contributed by atoms with Crippen molar-refractivity contribution in [3.8, 4) is 16.9 Å². The van der Waals surface area contributed by atoms with E-state index >= 15 is 0 Å². The number of carbonyl (C=O) groups is 1. The summed E-state index contributed by atoms with van der Waals surface area (Å²) in [4.78, 5) is 13.9. The molecule has 2 aromatic rings. The van der Waals surface area contributed by atoms with Gasteiger partial charge in [-0.15, -0.1) is 0 Å². The predicted molar refractivity (Wildman–Crippen MR) is 100 cm³/mol. The number of aryl methyl sites for hydroxylation is 1. The second-order valence-corrected chi connectivity index (χ2v) is 7.91. The third-order valence-corrected chi connectivity index (χ3v) is 4.62. The molecule has 6 nitrogen and oxygen atoms in total. The summed E-state index contributed by atoms with van der Waals surface area (Å²) in [6.07, 6.45) is 5.31. The molecule has 1 N–H and O–H groups in total. The predicted octanol–water partition coefficient (Wildman–Crippen LogP) is 4.14. The Morgan fingerprint density at radius 3 is 2.62 bits per heavy atom. The van der Waals surface area contributed by atoms with Crippen LogP contribution in [0.25, 0.3) is 11.1 Å². The van der Waals surface area contributed by atoms with Crippen molar-refractivity contribution in [3.05, 3.63) is 36.2 Å². The van der Waals surface area contributed by atoms with Crippen LogP contribution in [0.4, 0.5) is 4.79 Å². The largest absolute Gasteiger partial charge is 0.508 e. The minimum Gasteiger partial charge on any atom is -0.508 e. The fourth-order valence-electron chi connectivity index (χ4n) is 3.24. The molecule has 1 aromatic heterocycles. The van der Waals surface area contributed by atoms with Crippen LogP contribution < -0.4 is 0 Å². The van der Waals surface area contributed by atoms with E-state index in [0.717, 1.165) is 29.5 Å². The number of nitrogens with zero attached hydrogens (tertiary/aromatic N) is 3. The van der Waals surface area contributed by atoms with Gasteiger partial charge in [-0.2, -0.15) is 5.10 Å². The van der Waals surface area contributed by atoms with Crippen LogP contribution in [0.1, 0.15) is 45.2 Å². The normalized spacial score (nSPS) is 15.9. The molecule has 0 radical (unpaired) electrons. The molecule has 6 heteroatoms. The highest BCUT2D eigenvalue weighted by atomic mass is 16.6. The molecule has 1 aliphatic rings. The van der Waals surface area contributed by atoms with Gasteiger partial charge in [0.05, 0.1) is 12.2 Å². The minimum atomic E-state index is -0.468. The summed E-state index contributed by atoms with van der Waals surface area (Å²) in [5, 5.41) is 14.3. The lowest BCUT2D eigenvalue weighted by Crippen LogP contribution is -2.42. The van der Waals surface area contributed by atoms with Crippen molar-refractivity contribution in [1.82, 2.24) is 14.7 Å². The first-order chi connectivity index (χ1) is 12.2. The SMILES string of the molecule is Cc1ccc(O)cc1-c1cnn(C2CCN(C(=O)OC(C)(C)C)CC2)c1. The topological polar surface area (TPSA) is 67.6 Å². The van der Waals surface area contributed by atoms with Crippen LogP contribution in [0.5, 0.6) is 5.75 Å². The van der Waals surface area contributed by atoms with E-state index in [1.54, 1.807) is 17.0 Å². The van der Waals surface area contributed by atoms with E-state index in [1.807, 2.05) is 50.8 Å². The Labute approximate surface area is 154 Å². The Morgan fingerprint density at radius 2 is 1.96 bits per heavy atom. The molecule has 1 fully saturated rings. The van der Waals surface area contributed by atoms with Crippen molar-refractivity contribution in [1.29, 1.82) is 0 Å². The Balaban J connectivity index is 1.65. The summed E-state index contributed by atoms with van der Waals surface area (Å²) in [6.45, 7) is 9.00. The second-order valence-electron chi connectivity index (χ2n) is 7.91. The quantitative estimate of drug-likeness (QED) is 0.877. The first-order valence-electron chi connectivity index (χ1n) is 9.05. The summed E-state index contributed by atoms with van der Waals surface area (Å²) in [5.74, 6) is 0.254. The summed E-state index contributed by atoms with van der Waals surface area (Å²) in [6, 6.07) is 5.62. The molecule has 0 bridgehead atoms. The van der Waals surface area contributed by atoms with Gasteiger partial charge < -0.3 is 14.7 Å². The first kappa shape index (κ1) is 18.3. The summed E-state index contributed by atoms with van der Waals surface area (Å²) in [7, 11) is 0. The third kappa shape index (κ3) is 4.18. The lowest BCUT2D eigenvalue weighted by molar-refractivity contribution is 0.0185. The number of phenols is 1. The van der Waals surface area contributed by atoms with Gasteiger partial charge in [0.15, 0.2) is 0 Å². The lowest BCUT2D eigenvalue weighted by atomic mass is 10.0. The maximum Gasteiger partial charge on any atom is 0.410 e. The summed E-state index contributed by atoms with van der Waals surface area (Å²) >= 11 is 0. The zero-order valence-electron chi connectivity index (χ0n) is 15.9. The number of hydrogen-bond acceptors (Lipinski definition) is 4. The van der Waals surface area contributed by atoms with Gasteiger partial charge >= 0.3 is 6.09 Å². The average Bonchev–Trinajstić information content (AvgIpc) is 3.05. The molecule has 1 aliphatic heterocycles. The van der Waals surface area contributed by atoms with Crippen molar-refractivity contribution >= 4 is 6.09 Å². The van der Waals surface area contributed by atoms with Crippen LogP contribution >= 0.6 is 0 Å². The molecule has 1 amide bonds. The van der Waals surface area contributed by atoms with E-state index in [-0.39, 0.29) is 17.9 Å². The van der Waals surface area contributed by atoms with Crippen LogP contribution in [-0.4, -0.2) is 44.6 Å². The minimum absolute atomic E-state index is 0.243. The van der Waals surface area contributed by atoms with Gasteiger partial charge in [-0.05, 0) is 63.8 Å². The number of amides is 1. The molecule has 1 saturated heterocycles. The molecule has 0 atom stereocenters. The van der Waals surface area contributed by atoms with E-state index in [1.165, 1.54) is 0 Å².